The second-order valence-electron chi connectivity index (χ2n) is 6.18. The zero-order valence-electron chi connectivity index (χ0n) is 15.0. The van der Waals surface area contributed by atoms with Crippen molar-refractivity contribution in [3.05, 3.63) is 102 Å². The van der Waals surface area contributed by atoms with Gasteiger partial charge in [-0.05, 0) is 35.9 Å². The summed E-state index contributed by atoms with van der Waals surface area (Å²) >= 11 is 6.06. The van der Waals surface area contributed by atoms with Gasteiger partial charge in [0.05, 0.1) is 6.20 Å². The van der Waals surface area contributed by atoms with Crippen molar-refractivity contribution < 1.29 is 0 Å². The quantitative estimate of drug-likeness (QED) is 0.466. The zero-order valence-corrected chi connectivity index (χ0v) is 15.8. The third-order valence-corrected chi connectivity index (χ3v) is 4.39. The molecule has 6 heteroatoms. The molecule has 0 unspecified atom stereocenters. The lowest BCUT2D eigenvalue weighted by Crippen LogP contribution is -2.18. The van der Waals surface area contributed by atoms with Crippen LogP contribution < -0.4 is 10.2 Å². The molecule has 0 atom stereocenters. The van der Waals surface area contributed by atoms with E-state index in [9.17, 15) is 0 Å². The van der Waals surface area contributed by atoms with Crippen LogP contribution in [0.15, 0.2) is 91.1 Å². The Morgan fingerprint density at radius 2 is 1.61 bits per heavy atom. The number of hydrogen-bond acceptors (Lipinski definition) is 5. The molecule has 0 aliphatic rings. The van der Waals surface area contributed by atoms with Crippen molar-refractivity contribution in [1.29, 1.82) is 0 Å². The average molecular weight is 388 g/mol. The standard InChI is InChI=1S/C22H18ClN5/c23-18-10-7-11-19(14-18)25-22-26-21(15-24-27-22)28(20-12-5-2-6-13-20)16-17-8-3-1-4-9-17/h1-15H,16H2,(H,25,26,27). The van der Waals surface area contributed by atoms with Gasteiger partial charge >= 0.3 is 0 Å². The largest absolute Gasteiger partial charge is 0.323 e. The van der Waals surface area contributed by atoms with Crippen LogP contribution >= 0.6 is 11.6 Å². The van der Waals surface area contributed by atoms with Gasteiger partial charge in [0, 0.05) is 22.9 Å². The molecule has 0 radical (unpaired) electrons. The Morgan fingerprint density at radius 3 is 2.36 bits per heavy atom. The average Bonchev–Trinajstić information content (AvgIpc) is 2.74. The molecule has 0 spiro atoms. The molecule has 0 saturated carbocycles. The fraction of sp³-hybridized carbons (Fsp3) is 0.0455. The van der Waals surface area contributed by atoms with Crippen molar-refractivity contribution in [1.82, 2.24) is 15.2 Å². The van der Waals surface area contributed by atoms with E-state index in [-0.39, 0.29) is 0 Å². The van der Waals surface area contributed by atoms with Crippen LogP contribution in [0.2, 0.25) is 5.02 Å². The zero-order chi connectivity index (χ0) is 19.2. The summed E-state index contributed by atoms with van der Waals surface area (Å²) in [6, 6.07) is 27.8. The number of nitrogens with zero attached hydrogens (tertiary/aromatic N) is 4. The van der Waals surface area contributed by atoms with Crippen molar-refractivity contribution in [2.75, 3.05) is 10.2 Å². The van der Waals surface area contributed by atoms with Crippen LogP contribution in [0, 0.1) is 0 Å². The van der Waals surface area contributed by atoms with Gasteiger partial charge in [-0.25, -0.2) is 0 Å². The summed E-state index contributed by atoms with van der Waals surface area (Å²) in [6.07, 6.45) is 1.67. The van der Waals surface area contributed by atoms with Gasteiger partial charge in [-0.15, -0.1) is 5.10 Å². The van der Waals surface area contributed by atoms with E-state index in [2.05, 4.69) is 49.7 Å². The van der Waals surface area contributed by atoms with Gasteiger partial charge in [0.25, 0.3) is 0 Å². The number of hydrogen-bond donors (Lipinski definition) is 1. The predicted molar refractivity (Wildman–Crippen MR) is 113 cm³/mol. The fourth-order valence-corrected chi connectivity index (χ4v) is 3.04. The molecule has 0 fully saturated rings. The number of anilines is 4. The van der Waals surface area contributed by atoms with Gasteiger partial charge in [-0.1, -0.05) is 66.2 Å². The van der Waals surface area contributed by atoms with Gasteiger partial charge in [0.15, 0.2) is 5.82 Å². The maximum Gasteiger partial charge on any atom is 0.249 e. The van der Waals surface area contributed by atoms with Gasteiger partial charge in [-0.3, -0.25) is 0 Å². The molecule has 1 heterocycles. The van der Waals surface area contributed by atoms with Gasteiger partial charge < -0.3 is 10.2 Å². The highest BCUT2D eigenvalue weighted by Crippen LogP contribution is 2.26. The van der Waals surface area contributed by atoms with Crippen LogP contribution in [-0.2, 0) is 6.54 Å². The minimum absolute atomic E-state index is 0.411. The monoisotopic (exact) mass is 387 g/mol. The number of nitrogens with one attached hydrogen (secondary N) is 1. The summed E-state index contributed by atoms with van der Waals surface area (Å²) in [6.45, 7) is 0.667. The van der Waals surface area contributed by atoms with E-state index in [1.165, 1.54) is 5.56 Å². The molecular weight excluding hydrogens is 370 g/mol. The summed E-state index contributed by atoms with van der Waals surface area (Å²) in [4.78, 5) is 6.77. The molecule has 1 aromatic heterocycles. The first-order valence-corrected chi connectivity index (χ1v) is 9.24. The van der Waals surface area contributed by atoms with E-state index in [0.29, 0.717) is 23.3 Å². The Balaban J connectivity index is 1.66. The van der Waals surface area contributed by atoms with E-state index in [0.717, 1.165) is 11.4 Å². The highest BCUT2D eigenvalue weighted by Gasteiger charge is 2.13. The van der Waals surface area contributed by atoms with E-state index < -0.39 is 0 Å². The minimum Gasteiger partial charge on any atom is -0.323 e. The fourth-order valence-electron chi connectivity index (χ4n) is 2.85. The molecule has 0 bridgehead atoms. The van der Waals surface area contributed by atoms with Crippen molar-refractivity contribution >= 4 is 34.7 Å². The third kappa shape index (κ3) is 4.45. The number of halogens is 1. The van der Waals surface area contributed by atoms with Crippen LogP contribution in [0.1, 0.15) is 5.56 Å². The summed E-state index contributed by atoms with van der Waals surface area (Å²) in [5.41, 5.74) is 3.01. The first-order chi connectivity index (χ1) is 13.8. The molecule has 0 saturated heterocycles. The van der Waals surface area contributed by atoms with Crippen molar-refractivity contribution in [2.45, 2.75) is 6.54 Å². The maximum atomic E-state index is 6.06. The predicted octanol–water partition coefficient (Wildman–Crippen LogP) is 5.61. The maximum absolute atomic E-state index is 6.06. The molecular formula is C22H18ClN5. The molecule has 3 aromatic carbocycles. The van der Waals surface area contributed by atoms with Crippen molar-refractivity contribution in [3.63, 3.8) is 0 Å². The molecule has 5 nitrogen and oxygen atoms in total. The third-order valence-electron chi connectivity index (χ3n) is 4.15. The van der Waals surface area contributed by atoms with Crippen molar-refractivity contribution in [2.24, 2.45) is 0 Å². The van der Waals surface area contributed by atoms with Crippen LogP contribution in [0.4, 0.5) is 23.1 Å². The van der Waals surface area contributed by atoms with E-state index in [1.54, 1.807) is 6.20 Å². The SMILES string of the molecule is Clc1cccc(Nc2nncc(N(Cc3ccccc3)c3ccccc3)n2)c1. The van der Waals surface area contributed by atoms with Gasteiger partial charge in [0.1, 0.15) is 0 Å². The summed E-state index contributed by atoms with van der Waals surface area (Å²) in [5.74, 6) is 1.11. The second-order valence-corrected chi connectivity index (χ2v) is 6.62. The molecule has 1 N–H and O–H groups in total. The lowest BCUT2D eigenvalue weighted by molar-refractivity contribution is 0.900. The van der Waals surface area contributed by atoms with E-state index in [1.807, 2.05) is 60.7 Å². The smallest absolute Gasteiger partial charge is 0.249 e. The number of aromatic nitrogens is 3. The number of rotatable bonds is 6. The van der Waals surface area contributed by atoms with Crippen LogP contribution in [-0.4, -0.2) is 15.2 Å². The van der Waals surface area contributed by atoms with E-state index in [4.69, 9.17) is 11.6 Å². The van der Waals surface area contributed by atoms with Crippen LogP contribution in [0.5, 0.6) is 0 Å². The number of para-hydroxylation sites is 1. The lowest BCUT2D eigenvalue weighted by Gasteiger charge is -2.24. The first-order valence-electron chi connectivity index (χ1n) is 8.87. The number of benzene rings is 3. The highest BCUT2D eigenvalue weighted by molar-refractivity contribution is 6.30. The van der Waals surface area contributed by atoms with Crippen molar-refractivity contribution in [3.8, 4) is 0 Å². The Hall–Kier alpha value is -3.44. The molecule has 4 aromatic rings. The summed E-state index contributed by atoms with van der Waals surface area (Å²) in [7, 11) is 0. The summed E-state index contributed by atoms with van der Waals surface area (Å²) in [5, 5.41) is 12.0. The van der Waals surface area contributed by atoms with Crippen LogP contribution in [0.25, 0.3) is 0 Å². The molecule has 4 rings (SSSR count). The second kappa shape index (κ2) is 8.50. The first kappa shape index (κ1) is 17.9. The lowest BCUT2D eigenvalue weighted by atomic mass is 10.2. The van der Waals surface area contributed by atoms with E-state index >= 15 is 0 Å². The molecule has 0 amide bonds. The molecule has 0 aliphatic carbocycles. The molecule has 0 aliphatic heterocycles. The summed E-state index contributed by atoms with van der Waals surface area (Å²) < 4.78 is 0. The Bertz CT molecular complexity index is 1040. The topological polar surface area (TPSA) is 53.9 Å². The Morgan fingerprint density at radius 1 is 0.857 bits per heavy atom. The normalized spacial score (nSPS) is 10.5. The minimum atomic E-state index is 0.411. The Kier molecular flexibility index (Phi) is 5.45. The highest BCUT2D eigenvalue weighted by atomic mass is 35.5. The van der Waals surface area contributed by atoms with Gasteiger partial charge in [0.2, 0.25) is 5.95 Å². The van der Waals surface area contributed by atoms with Gasteiger partial charge in [-0.2, -0.15) is 10.1 Å². The van der Waals surface area contributed by atoms with Crippen LogP contribution in [0.3, 0.4) is 0 Å². The molecule has 138 valence electrons. The Labute approximate surface area is 168 Å². The molecule has 28 heavy (non-hydrogen) atoms.